The molecule has 0 aliphatic carbocycles. The Morgan fingerprint density at radius 2 is 1.78 bits per heavy atom. The quantitative estimate of drug-likeness (QED) is 0.354. The van der Waals surface area contributed by atoms with Gasteiger partial charge in [0.05, 0.1) is 4.92 Å². The first-order valence-electron chi connectivity index (χ1n) is 8.08. The lowest BCUT2D eigenvalue weighted by atomic mass is 9.92. The predicted molar refractivity (Wildman–Crippen MR) is 97.8 cm³/mol. The number of nitrogens with one attached hydrogen (secondary N) is 1. The molecule has 0 aromatic heterocycles. The molecule has 0 saturated carbocycles. The van der Waals surface area contributed by atoms with E-state index in [1.807, 2.05) is 0 Å². The number of urea groups is 1. The molecule has 3 amide bonds. The summed E-state index contributed by atoms with van der Waals surface area (Å²) in [6, 6.07) is 11.0. The number of nitrogens with zero attached hydrogens (tertiary/aromatic N) is 2. The topological polar surface area (TPSA) is 92.6 Å². The number of non-ortho nitro benzene ring substituents is 1. The molecule has 1 N–H and O–H groups in total. The van der Waals surface area contributed by atoms with Crippen LogP contribution in [0.2, 0.25) is 0 Å². The lowest BCUT2D eigenvalue weighted by Crippen LogP contribution is -2.41. The Morgan fingerprint density at radius 1 is 1.15 bits per heavy atom. The van der Waals surface area contributed by atoms with Crippen LogP contribution in [0.25, 0.3) is 0 Å². The summed E-state index contributed by atoms with van der Waals surface area (Å²) in [6.45, 7) is 1.76. The number of imide groups is 1. The fraction of sp³-hybridized carbons (Fsp3) is 0.222. The molecule has 27 heavy (non-hydrogen) atoms. The highest BCUT2D eigenvalue weighted by Crippen LogP contribution is 2.30. The van der Waals surface area contributed by atoms with Crippen LogP contribution < -0.4 is 5.32 Å². The molecule has 0 bridgehead atoms. The summed E-state index contributed by atoms with van der Waals surface area (Å²) in [6.07, 6.45) is 0. The van der Waals surface area contributed by atoms with Crippen LogP contribution in [0.4, 0.5) is 14.9 Å². The molecule has 0 spiro atoms. The number of nitro benzene ring substituents is 1. The Labute approximate surface area is 158 Å². The number of halogens is 1. The van der Waals surface area contributed by atoms with E-state index in [-0.39, 0.29) is 18.0 Å². The van der Waals surface area contributed by atoms with E-state index in [0.717, 1.165) is 9.80 Å². The number of benzene rings is 2. The highest BCUT2D eigenvalue weighted by atomic mass is 32.2. The van der Waals surface area contributed by atoms with E-state index in [1.165, 1.54) is 48.2 Å². The SMILES string of the molecule is CC1(c2ccc([N+](=O)[O-])cc2)NC(=O)N(CCSc2ccc(F)cc2)C1=O. The lowest BCUT2D eigenvalue weighted by Gasteiger charge is -2.22. The average molecular weight is 389 g/mol. The first-order chi connectivity index (χ1) is 12.8. The van der Waals surface area contributed by atoms with E-state index in [1.54, 1.807) is 19.1 Å². The summed E-state index contributed by atoms with van der Waals surface area (Å²) < 4.78 is 12.9. The number of amides is 3. The Morgan fingerprint density at radius 3 is 2.37 bits per heavy atom. The van der Waals surface area contributed by atoms with Crippen molar-refractivity contribution in [2.75, 3.05) is 12.3 Å². The summed E-state index contributed by atoms with van der Waals surface area (Å²) in [4.78, 5) is 37.3. The molecule has 3 rings (SSSR count). The summed E-state index contributed by atoms with van der Waals surface area (Å²) >= 11 is 1.41. The zero-order valence-corrected chi connectivity index (χ0v) is 15.2. The summed E-state index contributed by atoms with van der Waals surface area (Å²) in [5.41, 5.74) is -0.890. The fourth-order valence-corrected chi connectivity index (χ4v) is 3.64. The molecule has 140 valence electrons. The Kier molecular flexibility index (Phi) is 5.13. The van der Waals surface area contributed by atoms with E-state index in [4.69, 9.17) is 0 Å². The van der Waals surface area contributed by atoms with Gasteiger partial charge in [0.25, 0.3) is 11.6 Å². The van der Waals surface area contributed by atoms with Gasteiger partial charge in [-0.05, 0) is 48.9 Å². The number of rotatable bonds is 6. The van der Waals surface area contributed by atoms with Crippen molar-refractivity contribution in [1.29, 1.82) is 0 Å². The van der Waals surface area contributed by atoms with Crippen molar-refractivity contribution >= 4 is 29.4 Å². The lowest BCUT2D eigenvalue weighted by molar-refractivity contribution is -0.384. The second-order valence-corrected chi connectivity index (χ2v) is 7.29. The smallest absolute Gasteiger partial charge is 0.319 e. The third kappa shape index (κ3) is 3.77. The number of nitro groups is 1. The largest absolute Gasteiger partial charge is 0.325 e. The van der Waals surface area contributed by atoms with Crippen LogP contribution in [0, 0.1) is 15.9 Å². The van der Waals surface area contributed by atoms with Gasteiger partial charge in [-0.25, -0.2) is 9.18 Å². The Bertz CT molecular complexity index is 888. The molecule has 1 fully saturated rings. The fourth-order valence-electron chi connectivity index (χ4n) is 2.80. The average Bonchev–Trinajstić information content (AvgIpc) is 2.87. The second kappa shape index (κ2) is 7.36. The van der Waals surface area contributed by atoms with Crippen LogP contribution in [0.5, 0.6) is 0 Å². The Balaban J connectivity index is 1.68. The maximum absolute atomic E-state index is 12.9. The maximum atomic E-state index is 12.9. The van der Waals surface area contributed by atoms with Gasteiger partial charge in [-0.2, -0.15) is 0 Å². The number of carbonyl (C=O) groups is 2. The van der Waals surface area contributed by atoms with Crippen molar-refractivity contribution in [2.24, 2.45) is 0 Å². The minimum atomic E-state index is -1.27. The highest BCUT2D eigenvalue weighted by Gasteiger charge is 2.48. The van der Waals surface area contributed by atoms with Gasteiger partial charge < -0.3 is 5.32 Å². The standard InChI is InChI=1S/C18H16FN3O4S/c1-18(12-2-6-14(7-3-12)22(25)26)16(23)21(17(24)20-18)10-11-27-15-8-4-13(19)5-9-15/h2-9H,10-11H2,1H3,(H,20,24). The number of hydrogen-bond acceptors (Lipinski definition) is 5. The van der Waals surface area contributed by atoms with Crippen molar-refractivity contribution in [3.8, 4) is 0 Å². The highest BCUT2D eigenvalue weighted by molar-refractivity contribution is 7.99. The molecule has 9 heteroatoms. The summed E-state index contributed by atoms with van der Waals surface area (Å²) in [5.74, 6) is -0.283. The van der Waals surface area contributed by atoms with Gasteiger partial charge >= 0.3 is 6.03 Å². The zero-order valence-electron chi connectivity index (χ0n) is 14.3. The van der Waals surface area contributed by atoms with Gasteiger partial charge in [0, 0.05) is 29.3 Å². The van der Waals surface area contributed by atoms with Gasteiger partial charge in [0.15, 0.2) is 0 Å². The Hall–Kier alpha value is -2.94. The van der Waals surface area contributed by atoms with Crippen LogP contribution in [0.3, 0.4) is 0 Å². The van der Waals surface area contributed by atoms with E-state index >= 15 is 0 Å². The molecule has 1 aliphatic rings. The molecule has 2 aromatic rings. The normalized spacial score (nSPS) is 19.3. The molecule has 2 aromatic carbocycles. The van der Waals surface area contributed by atoms with Gasteiger partial charge in [0.1, 0.15) is 11.4 Å². The first-order valence-corrected chi connectivity index (χ1v) is 9.07. The number of hydrogen-bond donors (Lipinski definition) is 1. The third-order valence-electron chi connectivity index (χ3n) is 4.33. The van der Waals surface area contributed by atoms with E-state index in [0.29, 0.717) is 11.3 Å². The molecular formula is C18H16FN3O4S. The van der Waals surface area contributed by atoms with E-state index < -0.39 is 22.4 Å². The minimum Gasteiger partial charge on any atom is -0.319 e. The number of carbonyl (C=O) groups excluding carboxylic acids is 2. The van der Waals surface area contributed by atoms with Crippen LogP contribution in [-0.4, -0.2) is 34.1 Å². The van der Waals surface area contributed by atoms with Crippen LogP contribution in [-0.2, 0) is 10.3 Å². The summed E-state index contributed by atoms with van der Waals surface area (Å²) in [7, 11) is 0. The predicted octanol–water partition coefficient (Wildman–Crippen LogP) is 3.29. The van der Waals surface area contributed by atoms with Gasteiger partial charge in [-0.3, -0.25) is 19.8 Å². The molecule has 1 saturated heterocycles. The van der Waals surface area contributed by atoms with Crippen molar-refractivity contribution in [1.82, 2.24) is 10.2 Å². The monoisotopic (exact) mass is 389 g/mol. The molecule has 7 nitrogen and oxygen atoms in total. The third-order valence-corrected chi connectivity index (χ3v) is 5.32. The van der Waals surface area contributed by atoms with Crippen LogP contribution in [0.15, 0.2) is 53.4 Å². The zero-order chi connectivity index (χ0) is 19.6. The molecule has 1 heterocycles. The van der Waals surface area contributed by atoms with Gasteiger partial charge in [0.2, 0.25) is 0 Å². The molecule has 1 aliphatic heterocycles. The number of thioether (sulfide) groups is 1. The van der Waals surface area contributed by atoms with E-state index in [9.17, 15) is 24.1 Å². The van der Waals surface area contributed by atoms with Crippen molar-refractivity contribution in [2.45, 2.75) is 17.4 Å². The summed E-state index contributed by atoms with van der Waals surface area (Å²) in [5, 5.41) is 13.4. The van der Waals surface area contributed by atoms with Crippen LogP contribution >= 0.6 is 11.8 Å². The molecule has 1 atom stereocenters. The first kappa shape index (κ1) is 18.8. The van der Waals surface area contributed by atoms with Gasteiger partial charge in [-0.15, -0.1) is 11.8 Å². The molecular weight excluding hydrogens is 373 g/mol. The van der Waals surface area contributed by atoms with Crippen LogP contribution in [0.1, 0.15) is 12.5 Å². The maximum Gasteiger partial charge on any atom is 0.325 e. The van der Waals surface area contributed by atoms with Crippen molar-refractivity contribution in [3.05, 3.63) is 70.0 Å². The van der Waals surface area contributed by atoms with Gasteiger partial charge in [-0.1, -0.05) is 0 Å². The van der Waals surface area contributed by atoms with Crippen molar-refractivity contribution < 1.29 is 18.9 Å². The van der Waals surface area contributed by atoms with E-state index in [2.05, 4.69) is 5.32 Å². The molecule has 0 radical (unpaired) electrons. The minimum absolute atomic E-state index is 0.0910. The second-order valence-electron chi connectivity index (χ2n) is 6.12. The van der Waals surface area contributed by atoms with Crippen molar-refractivity contribution in [3.63, 3.8) is 0 Å². The molecule has 1 unspecified atom stereocenters.